The minimum Gasteiger partial charge on any atom is -0.490 e. The van der Waals surface area contributed by atoms with Crippen LogP contribution in [0.2, 0.25) is 0 Å². The van der Waals surface area contributed by atoms with Gasteiger partial charge in [0.15, 0.2) is 11.5 Å². The number of nitrogens with zero attached hydrogens (tertiary/aromatic N) is 2. The molecular formula is C26H26FN3O4S. The summed E-state index contributed by atoms with van der Waals surface area (Å²) in [6, 6.07) is 11.7. The zero-order chi connectivity index (χ0) is 24.8. The molecule has 0 saturated heterocycles. The highest BCUT2D eigenvalue weighted by molar-refractivity contribution is 7.17. The molecule has 2 aromatic heterocycles. The Hall–Kier alpha value is -3.72. The number of fused-ring (bicyclic) bond motifs is 1. The molecule has 0 saturated carbocycles. The highest BCUT2D eigenvalue weighted by Crippen LogP contribution is 2.31. The molecule has 9 heteroatoms. The number of hydrogen-bond acceptors (Lipinski definition) is 6. The number of carbonyl (C=O) groups is 1. The molecule has 35 heavy (non-hydrogen) atoms. The van der Waals surface area contributed by atoms with Crippen LogP contribution < -0.4 is 20.3 Å². The molecule has 2 aromatic carbocycles. The number of rotatable bonds is 10. The van der Waals surface area contributed by atoms with Crippen LogP contribution in [0.3, 0.4) is 0 Å². The van der Waals surface area contributed by atoms with E-state index in [4.69, 9.17) is 9.47 Å². The highest BCUT2D eigenvalue weighted by atomic mass is 32.1. The maximum absolute atomic E-state index is 13.3. The topological polar surface area (TPSA) is 82.5 Å². The lowest BCUT2D eigenvalue weighted by Gasteiger charge is -2.13. The Morgan fingerprint density at radius 3 is 2.57 bits per heavy atom. The fourth-order valence-corrected chi connectivity index (χ4v) is 4.64. The van der Waals surface area contributed by atoms with E-state index in [0.29, 0.717) is 53.5 Å². The summed E-state index contributed by atoms with van der Waals surface area (Å²) in [5.74, 6) is 0.734. The third-order valence-electron chi connectivity index (χ3n) is 5.37. The van der Waals surface area contributed by atoms with Crippen molar-refractivity contribution in [3.05, 3.63) is 75.9 Å². The second-order valence-corrected chi connectivity index (χ2v) is 8.62. The smallest absolute Gasteiger partial charge is 0.263 e. The molecule has 0 atom stereocenters. The Morgan fingerprint density at radius 2 is 1.83 bits per heavy atom. The van der Waals surface area contributed by atoms with Crippen LogP contribution in [0.1, 0.15) is 19.4 Å². The fourth-order valence-electron chi connectivity index (χ4n) is 3.73. The number of aromatic nitrogens is 2. The summed E-state index contributed by atoms with van der Waals surface area (Å²) in [6.45, 7) is 5.16. The van der Waals surface area contributed by atoms with Gasteiger partial charge in [-0.2, -0.15) is 0 Å². The van der Waals surface area contributed by atoms with Crippen molar-refractivity contribution in [2.45, 2.75) is 26.8 Å². The summed E-state index contributed by atoms with van der Waals surface area (Å²) in [4.78, 5) is 30.6. The van der Waals surface area contributed by atoms with E-state index in [1.165, 1.54) is 34.4 Å². The van der Waals surface area contributed by atoms with Crippen molar-refractivity contribution in [3.8, 4) is 22.6 Å². The number of amides is 1. The fraction of sp³-hybridized carbons (Fsp3) is 0.269. The molecule has 0 radical (unpaired) electrons. The van der Waals surface area contributed by atoms with Crippen molar-refractivity contribution in [1.29, 1.82) is 0 Å². The van der Waals surface area contributed by atoms with Crippen LogP contribution in [-0.4, -0.2) is 35.2 Å². The van der Waals surface area contributed by atoms with Crippen LogP contribution in [0.4, 0.5) is 4.39 Å². The van der Waals surface area contributed by atoms with Crippen LogP contribution in [-0.2, 0) is 17.8 Å². The molecule has 0 aliphatic heterocycles. The van der Waals surface area contributed by atoms with E-state index in [9.17, 15) is 14.0 Å². The molecule has 182 valence electrons. The normalized spacial score (nSPS) is 10.9. The first-order valence-corrected chi connectivity index (χ1v) is 12.3. The molecule has 0 spiro atoms. The minimum atomic E-state index is -0.347. The standard InChI is InChI=1S/C26H26FN3O4S/c1-3-33-21-10-5-17(13-22(21)34-4-2)11-12-28-23(31)14-30-16-29-25-24(26(30)32)20(15-35-25)18-6-8-19(27)9-7-18/h5-10,13,15-16H,3-4,11-12,14H2,1-2H3,(H,28,31). The Morgan fingerprint density at radius 1 is 1.09 bits per heavy atom. The van der Waals surface area contributed by atoms with Gasteiger partial charge in [-0.15, -0.1) is 11.3 Å². The molecular weight excluding hydrogens is 469 g/mol. The Balaban J connectivity index is 1.42. The van der Waals surface area contributed by atoms with Gasteiger partial charge < -0.3 is 14.8 Å². The average Bonchev–Trinajstić information content (AvgIpc) is 3.28. The minimum absolute atomic E-state index is 0.145. The third-order valence-corrected chi connectivity index (χ3v) is 6.26. The number of nitrogens with one attached hydrogen (secondary N) is 1. The van der Waals surface area contributed by atoms with Crippen molar-refractivity contribution < 1.29 is 18.7 Å². The highest BCUT2D eigenvalue weighted by Gasteiger charge is 2.15. The number of benzene rings is 2. The molecule has 0 fully saturated rings. The Kier molecular flexibility index (Phi) is 7.77. The summed E-state index contributed by atoms with van der Waals surface area (Å²) in [7, 11) is 0. The van der Waals surface area contributed by atoms with Gasteiger partial charge in [0.1, 0.15) is 17.2 Å². The predicted molar refractivity (Wildman–Crippen MR) is 135 cm³/mol. The lowest BCUT2D eigenvalue weighted by molar-refractivity contribution is -0.121. The molecule has 0 unspecified atom stereocenters. The van der Waals surface area contributed by atoms with Crippen LogP contribution in [0.25, 0.3) is 21.3 Å². The van der Waals surface area contributed by atoms with E-state index in [0.717, 1.165) is 11.1 Å². The molecule has 4 rings (SSSR count). The molecule has 0 aliphatic rings. The van der Waals surface area contributed by atoms with E-state index in [2.05, 4.69) is 10.3 Å². The maximum atomic E-state index is 13.3. The molecule has 7 nitrogen and oxygen atoms in total. The van der Waals surface area contributed by atoms with Crippen LogP contribution in [0, 0.1) is 5.82 Å². The van der Waals surface area contributed by atoms with E-state index >= 15 is 0 Å². The lowest BCUT2D eigenvalue weighted by atomic mass is 10.1. The number of ether oxygens (including phenoxy) is 2. The van der Waals surface area contributed by atoms with Gasteiger partial charge >= 0.3 is 0 Å². The quantitative estimate of drug-likeness (QED) is 0.352. The van der Waals surface area contributed by atoms with Crippen molar-refractivity contribution >= 4 is 27.5 Å². The maximum Gasteiger partial charge on any atom is 0.263 e. The summed E-state index contributed by atoms with van der Waals surface area (Å²) in [5.41, 5.74) is 2.09. The summed E-state index contributed by atoms with van der Waals surface area (Å²) in [5, 5.41) is 5.10. The van der Waals surface area contributed by atoms with Gasteiger partial charge in [-0.1, -0.05) is 18.2 Å². The number of carbonyl (C=O) groups excluding carboxylic acids is 1. The van der Waals surface area contributed by atoms with Crippen LogP contribution in [0.5, 0.6) is 11.5 Å². The van der Waals surface area contributed by atoms with Crippen LogP contribution in [0.15, 0.2) is 59.0 Å². The first kappa shape index (κ1) is 24.4. The van der Waals surface area contributed by atoms with Gasteiger partial charge in [0, 0.05) is 17.5 Å². The third kappa shape index (κ3) is 5.68. The van der Waals surface area contributed by atoms with Gasteiger partial charge in [0.2, 0.25) is 5.91 Å². The summed E-state index contributed by atoms with van der Waals surface area (Å²) < 4.78 is 25.8. The largest absolute Gasteiger partial charge is 0.490 e. The first-order chi connectivity index (χ1) is 17.0. The lowest BCUT2D eigenvalue weighted by Crippen LogP contribution is -2.33. The van der Waals surface area contributed by atoms with Gasteiger partial charge in [-0.05, 0) is 55.7 Å². The average molecular weight is 496 g/mol. The first-order valence-electron chi connectivity index (χ1n) is 11.4. The van der Waals surface area contributed by atoms with Gasteiger partial charge in [-0.3, -0.25) is 14.2 Å². The van der Waals surface area contributed by atoms with Crippen molar-refractivity contribution in [3.63, 3.8) is 0 Å². The second-order valence-electron chi connectivity index (χ2n) is 7.76. The number of thiophene rings is 1. The van der Waals surface area contributed by atoms with Crippen molar-refractivity contribution in [2.24, 2.45) is 0 Å². The molecule has 4 aromatic rings. The van der Waals surface area contributed by atoms with Crippen LogP contribution >= 0.6 is 11.3 Å². The van der Waals surface area contributed by atoms with E-state index in [1.807, 2.05) is 37.4 Å². The SMILES string of the molecule is CCOc1ccc(CCNC(=O)Cn2cnc3scc(-c4ccc(F)cc4)c3c2=O)cc1OCC. The summed E-state index contributed by atoms with van der Waals surface area (Å²) in [6.07, 6.45) is 1.99. The van der Waals surface area contributed by atoms with E-state index < -0.39 is 0 Å². The Bertz CT molecular complexity index is 1380. The van der Waals surface area contributed by atoms with Gasteiger partial charge in [0.25, 0.3) is 5.56 Å². The van der Waals surface area contributed by atoms with Gasteiger partial charge in [-0.25, -0.2) is 9.37 Å². The van der Waals surface area contributed by atoms with E-state index in [1.54, 1.807) is 12.1 Å². The second kappa shape index (κ2) is 11.1. The molecule has 0 bridgehead atoms. The zero-order valence-corrected chi connectivity index (χ0v) is 20.4. The number of halogens is 1. The molecule has 1 N–H and O–H groups in total. The van der Waals surface area contributed by atoms with E-state index in [-0.39, 0.29) is 23.8 Å². The zero-order valence-electron chi connectivity index (χ0n) is 19.5. The number of hydrogen-bond donors (Lipinski definition) is 1. The Labute approximate surface area is 206 Å². The molecule has 0 aliphatic carbocycles. The van der Waals surface area contributed by atoms with Gasteiger partial charge in [0.05, 0.1) is 24.9 Å². The van der Waals surface area contributed by atoms with Crippen molar-refractivity contribution in [2.75, 3.05) is 19.8 Å². The molecule has 1 amide bonds. The summed E-state index contributed by atoms with van der Waals surface area (Å²) >= 11 is 1.34. The predicted octanol–water partition coefficient (Wildman–Crippen LogP) is 4.42. The molecule has 2 heterocycles. The monoisotopic (exact) mass is 495 g/mol. The van der Waals surface area contributed by atoms with Crippen molar-refractivity contribution in [1.82, 2.24) is 14.9 Å².